The van der Waals surface area contributed by atoms with Crippen molar-refractivity contribution < 1.29 is 14.0 Å². The summed E-state index contributed by atoms with van der Waals surface area (Å²) < 4.78 is 13.3. The van der Waals surface area contributed by atoms with Crippen LogP contribution in [0.25, 0.3) is 0 Å². The zero-order valence-corrected chi connectivity index (χ0v) is 11.0. The van der Waals surface area contributed by atoms with Crippen LogP contribution in [0.15, 0.2) is 24.3 Å². The van der Waals surface area contributed by atoms with E-state index in [9.17, 15) is 14.0 Å². The molecule has 4 nitrogen and oxygen atoms in total. The van der Waals surface area contributed by atoms with Gasteiger partial charge in [0, 0.05) is 6.42 Å². The van der Waals surface area contributed by atoms with Gasteiger partial charge in [0.1, 0.15) is 5.82 Å². The van der Waals surface area contributed by atoms with Crippen molar-refractivity contribution in [1.29, 1.82) is 0 Å². The maximum Gasteiger partial charge on any atom is 0.243 e. The zero-order chi connectivity index (χ0) is 14.1. The van der Waals surface area contributed by atoms with Crippen LogP contribution in [-0.4, -0.2) is 18.4 Å². The normalized spacial score (nSPS) is 10.0. The quantitative estimate of drug-likeness (QED) is 0.745. The zero-order valence-electron chi connectivity index (χ0n) is 11.0. The Kier molecular flexibility index (Phi) is 6.57. The third-order valence-electron chi connectivity index (χ3n) is 2.60. The Morgan fingerprint density at radius 3 is 2.58 bits per heavy atom. The van der Waals surface area contributed by atoms with Gasteiger partial charge in [0.25, 0.3) is 0 Å². The van der Waals surface area contributed by atoms with Crippen molar-refractivity contribution in [2.45, 2.75) is 32.6 Å². The molecule has 0 aliphatic carbocycles. The summed E-state index contributed by atoms with van der Waals surface area (Å²) in [5.41, 5.74) is 0.118. The first-order chi connectivity index (χ1) is 9.13. The number of anilines is 1. The molecule has 1 aromatic carbocycles. The van der Waals surface area contributed by atoms with Gasteiger partial charge in [-0.05, 0) is 18.6 Å². The highest BCUT2D eigenvalue weighted by molar-refractivity contribution is 5.94. The minimum atomic E-state index is -0.495. The van der Waals surface area contributed by atoms with Crippen molar-refractivity contribution in [2.75, 3.05) is 11.9 Å². The van der Waals surface area contributed by atoms with Gasteiger partial charge in [0.2, 0.25) is 11.8 Å². The summed E-state index contributed by atoms with van der Waals surface area (Å²) in [7, 11) is 0. The van der Waals surface area contributed by atoms with Crippen molar-refractivity contribution in [3.05, 3.63) is 30.1 Å². The predicted molar refractivity (Wildman–Crippen MR) is 72.2 cm³/mol. The fourth-order valence-corrected chi connectivity index (χ4v) is 1.56. The number of amides is 2. The number of carbonyl (C=O) groups excluding carboxylic acids is 2. The molecule has 0 radical (unpaired) electrons. The lowest BCUT2D eigenvalue weighted by Gasteiger charge is -2.07. The predicted octanol–water partition coefficient (Wildman–Crippen LogP) is 2.46. The molecule has 0 saturated carbocycles. The van der Waals surface area contributed by atoms with E-state index >= 15 is 0 Å². The Morgan fingerprint density at radius 2 is 1.89 bits per heavy atom. The molecule has 0 aliphatic heterocycles. The molecule has 0 unspecified atom stereocenters. The number of hydrogen-bond donors (Lipinski definition) is 2. The molecule has 0 heterocycles. The Balaban J connectivity index is 2.28. The second-order valence-corrected chi connectivity index (χ2v) is 4.26. The SMILES string of the molecule is CCCCCC(=O)NCC(=O)Nc1ccccc1F. The highest BCUT2D eigenvalue weighted by Crippen LogP contribution is 2.11. The summed E-state index contributed by atoms with van der Waals surface area (Å²) in [6.07, 6.45) is 3.27. The van der Waals surface area contributed by atoms with E-state index in [1.807, 2.05) is 0 Å². The highest BCUT2D eigenvalue weighted by Gasteiger charge is 2.07. The monoisotopic (exact) mass is 266 g/mol. The van der Waals surface area contributed by atoms with E-state index < -0.39 is 11.7 Å². The molecule has 0 spiro atoms. The van der Waals surface area contributed by atoms with Crippen LogP contribution in [0.1, 0.15) is 32.6 Å². The Morgan fingerprint density at radius 1 is 1.16 bits per heavy atom. The molecule has 2 amide bonds. The minimum Gasteiger partial charge on any atom is -0.347 e. The molecule has 104 valence electrons. The first kappa shape index (κ1) is 15.1. The summed E-state index contributed by atoms with van der Waals surface area (Å²) in [5.74, 6) is -1.09. The van der Waals surface area contributed by atoms with E-state index in [2.05, 4.69) is 17.6 Å². The van der Waals surface area contributed by atoms with Crippen molar-refractivity contribution in [1.82, 2.24) is 5.32 Å². The van der Waals surface area contributed by atoms with Gasteiger partial charge in [-0.3, -0.25) is 9.59 Å². The van der Waals surface area contributed by atoms with E-state index in [1.165, 1.54) is 12.1 Å². The average molecular weight is 266 g/mol. The number of unbranched alkanes of at least 4 members (excludes halogenated alkanes) is 2. The topological polar surface area (TPSA) is 58.2 Å². The number of benzene rings is 1. The van der Waals surface area contributed by atoms with Crippen LogP contribution in [0.3, 0.4) is 0 Å². The van der Waals surface area contributed by atoms with Gasteiger partial charge >= 0.3 is 0 Å². The summed E-state index contributed by atoms with van der Waals surface area (Å²) in [4.78, 5) is 22.9. The number of carbonyl (C=O) groups is 2. The van der Waals surface area contributed by atoms with E-state index in [0.717, 1.165) is 19.3 Å². The third-order valence-corrected chi connectivity index (χ3v) is 2.60. The first-order valence-electron chi connectivity index (χ1n) is 6.44. The van der Waals surface area contributed by atoms with Gasteiger partial charge in [0.05, 0.1) is 12.2 Å². The smallest absolute Gasteiger partial charge is 0.243 e. The number of rotatable bonds is 7. The second-order valence-electron chi connectivity index (χ2n) is 4.26. The van der Waals surface area contributed by atoms with Crippen LogP contribution >= 0.6 is 0 Å². The molecule has 19 heavy (non-hydrogen) atoms. The summed E-state index contributed by atoms with van der Waals surface area (Å²) in [5, 5.41) is 4.91. The molecular formula is C14H19FN2O2. The van der Waals surface area contributed by atoms with E-state index in [1.54, 1.807) is 12.1 Å². The van der Waals surface area contributed by atoms with E-state index in [-0.39, 0.29) is 18.1 Å². The van der Waals surface area contributed by atoms with Crippen molar-refractivity contribution >= 4 is 17.5 Å². The molecule has 1 aromatic rings. The van der Waals surface area contributed by atoms with Crippen molar-refractivity contribution in [3.63, 3.8) is 0 Å². The molecule has 0 aromatic heterocycles. The standard InChI is InChI=1S/C14H19FN2O2/c1-2-3-4-9-13(18)16-10-14(19)17-12-8-6-5-7-11(12)15/h5-8H,2-4,9-10H2,1H3,(H,16,18)(H,17,19). The molecular weight excluding hydrogens is 247 g/mol. The van der Waals surface area contributed by atoms with Gasteiger partial charge in [0.15, 0.2) is 0 Å². The molecule has 0 fully saturated rings. The number of nitrogens with one attached hydrogen (secondary N) is 2. The van der Waals surface area contributed by atoms with Crippen LogP contribution < -0.4 is 10.6 Å². The minimum absolute atomic E-state index is 0.118. The summed E-state index contributed by atoms with van der Waals surface area (Å²) >= 11 is 0. The van der Waals surface area contributed by atoms with Crippen LogP contribution in [0.5, 0.6) is 0 Å². The van der Waals surface area contributed by atoms with Gasteiger partial charge in [-0.1, -0.05) is 31.9 Å². The lowest BCUT2D eigenvalue weighted by atomic mass is 10.2. The Hall–Kier alpha value is -1.91. The van der Waals surface area contributed by atoms with Crippen molar-refractivity contribution in [3.8, 4) is 0 Å². The van der Waals surface area contributed by atoms with Gasteiger partial charge in [-0.2, -0.15) is 0 Å². The second kappa shape index (κ2) is 8.24. The number of hydrogen-bond acceptors (Lipinski definition) is 2. The molecule has 0 saturated heterocycles. The fraction of sp³-hybridized carbons (Fsp3) is 0.429. The Labute approximate surface area is 112 Å². The van der Waals surface area contributed by atoms with Crippen LogP contribution in [0, 0.1) is 5.82 Å². The van der Waals surface area contributed by atoms with Gasteiger partial charge in [-0.15, -0.1) is 0 Å². The number of halogens is 1. The maximum absolute atomic E-state index is 13.3. The van der Waals surface area contributed by atoms with Crippen LogP contribution in [-0.2, 0) is 9.59 Å². The molecule has 0 atom stereocenters. The van der Waals surface area contributed by atoms with Gasteiger partial charge in [-0.25, -0.2) is 4.39 Å². The maximum atomic E-state index is 13.3. The highest BCUT2D eigenvalue weighted by atomic mass is 19.1. The molecule has 0 aliphatic rings. The third kappa shape index (κ3) is 5.99. The largest absolute Gasteiger partial charge is 0.347 e. The molecule has 0 bridgehead atoms. The summed E-state index contributed by atoms with van der Waals surface area (Å²) in [6.45, 7) is 1.92. The first-order valence-corrected chi connectivity index (χ1v) is 6.44. The fourth-order valence-electron chi connectivity index (χ4n) is 1.56. The average Bonchev–Trinajstić information content (AvgIpc) is 2.39. The van der Waals surface area contributed by atoms with E-state index in [4.69, 9.17) is 0 Å². The molecule has 5 heteroatoms. The lowest BCUT2D eigenvalue weighted by molar-refractivity contribution is -0.124. The van der Waals surface area contributed by atoms with Crippen molar-refractivity contribution in [2.24, 2.45) is 0 Å². The Bertz CT molecular complexity index is 435. The van der Waals surface area contributed by atoms with E-state index in [0.29, 0.717) is 6.42 Å². The van der Waals surface area contributed by atoms with Crippen LogP contribution in [0.4, 0.5) is 10.1 Å². The summed E-state index contributed by atoms with van der Waals surface area (Å²) in [6, 6.07) is 5.90. The van der Waals surface area contributed by atoms with Gasteiger partial charge < -0.3 is 10.6 Å². The molecule has 2 N–H and O–H groups in total. The van der Waals surface area contributed by atoms with Crippen LogP contribution in [0.2, 0.25) is 0 Å². The molecule has 1 rings (SSSR count). The number of para-hydroxylation sites is 1. The lowest BCUT2D eigenvalue weighted by Crippen LogP contribution is -2.32.